The van der Waals surface area contributed by atoms with Crippen LogP contribution in [0.4, 0.5) is 0 Å². The normalized spacial score (nSPS) is 16.1. The summed E-state index contributed by atoms with van der Waals surface area (Å²) in [6.45, 7) is 3.42. The maximum absolute atomic E-state index is 9.20. The lowest BCUT2D eigenvalue weighted by molar-refractivity contribution is 0.158. The summed E-state index contributed by atoms with van der Waals surface area (Å²) in [7, 11) is 1.76. The zero-order chi connectivity index (χ0) is 9.30. The van der Waals surface area contributed by atoms with Crippen LogP contribution in [0.3, 0.4) is 0 Å². The number of nitrogens with zero attached hydrogens (tertiary/aromatic N) is 3. The third kappa shape index (κ3) is 1.62. The van der Waals surface area contributed by atoms with Gasteiger partial charge in [0.05, 0.1) is 12.1 Å². The molecular weight excluding hydrogens is 156 g/mol. The van der Waals surface area contributed by atoms with Gasteiger partial charge < -0.3 is 10.8 Å². The fourth-order valence-electron chi connectivity index (χ4n) is 1.03. The van der Waals surface area contributed by atoms with Gasteiger partial charge in [-0.25, -0.2) is 4.98 Å². The molecule has 1 rings (SSSR count). The van der Waals surface area contributed by atoms with Crippen molar-refractivity contribution in [2.45, 2.75) is 26.0 Å². The molecule has 3 N–H and O–H groups in total. The van der Waals surface area contributed by atoms with Crippen LogP contribution in [0.1, 0.15) is 24.6 Å². The molecule has 0 spiro atoms. The molecule has 0 aliphatic carbocycles. The molecule has 0 aliphatic rings. The lowest BCUT2D eigenvalue weighted by Crippen LogP contribution is -2.26. The minimum atomic E-state index is -0.604. The van der Waals surface area contributed by atoms with Crippen LogP contribution in [0, 0.1) is 6.92 Å². The Kier molecular flexibility index (Phi) is 2.44. The molecule has 5 nitrogen and oxygen atoms in total. The van der Waals surface area contributed by atoms with E-state index in [9.17, 15) is 5.11 Å². The number of aromatic nitrogens is 3. The molecule has 1 heterocycles. The highest BCUT2D eigenvalue weighted by molar-refractivity contribution is 4.98. The maximum atomic E-state index is 9.20. The first kappa shape index (κ1) is 9.15. The highest BCUT2D eigenvalue weighted by Crippen LogP contribution is 2.10. The van der Waals surface area contributed by atoms with Crippen LogP contribution in [0.15, 0.2) is 0 Å². The molecule has 2 unspecified atom stereocenters. The fraction of sp³-hybridized carbons (Fsp3) is 0.714. The molecule has 0 aromatic carbocycles. The molecule has 0 fully saturated rings. The van der Waals surface area contributed by atoms with Crippen molar-refractivity contribution in [3.63, 3.8) is 0 Å². The van der Waals surface area contributed by atoms with Gasteiger partial charge in [-0.1, -0.05) is 0 Å². The Labute approximate surface area is 71.2 Å². The van der Waals surface area contributed by atoms with Gasteiger partial charge in [0.2, 0.25) is 0 Å². The van der Waals surface area contributed by atoms with E-state index in [1.807, 2.05) is 0 Å². The van der Waals surface area contributed by atoms with Crippen LogP contribution >= 0.6 is 0 Å². The highest BCUT2D eigenvalue weighted by atomic mass is 16.3. The molecule has 2 atom stereocenters. The Morgan fingerprint density at radius 2 is 2.17 bits per heavy atom. The Balaban J connectivity index is 2.94. The summed E-state index contributed by atoms with van der Waals surface area (Å²) in [5.41, 5.74) is 5.68. The smallest absolute Gasteiger partial charge is 0.147 e. The molecule has 0 amide bonds. The summed E-state index contributed by atoms with van der Waals surface area (Å²) in [4.78, 5) is 4.10. The lowest BCUT2D eigenvalue weighted by Gasteiger charge is -2.12. The first-order chi connectivity index (χ1) is 5.52. The number of aliphatic hydroxyl groups excluding tert-OH is 1. The van der Waals surface area contributed by atoms with E-state index in [-0.39, 0.29) is 0 Å². The summed E-state index contributed by atoms with van der Waals surface area (Å²) < 4.78 is 1.59. The van der Waals surface area contributed by atoms with E-state index < -0.39 is 12.1 Å². The largest absolute Gasteiger partial charge is 0.391 e. The quantitative estimate of drug-likeness (QED) is 0.627. The van der Waals surface area contributed by atoms with Crippen molar-refractivity contribution in [3.05, 3.63) is 11.6 Å². The first-order valence-corrected chi connectivity index (χ1v) is 3.83. The average molecular weight is 170 g/mol. The Hall–Kier alpha value is -0.940. The van der Waals surface area contributed by atoms with Gasteiger partial charge >= 0.3 is 0 Å². The zero-order valence-corrected chi connectivity index (χ0v) is 7.52. The Morgan fingerprint density at radius 1 is 1.58 bits per heavy atom. The van der Waals surface area contributed by atoms with Crippen molar-refractivity contribution in [1.82, 2.24) is 14.8 Å². The molecule has 68 valence electrons. The van der Waals surface area contributed by atoms with Gasteiger partial charge in [-0.2, -0.15) is 5.10 Å². The molecule has 0 saturated carbocycles. The molecule has 0 bridgehead atoms. The minimum absolute atomic E-state index is 0.462. The third-order valence-corrected chi connectivity index (χ3v) is 1.72. The molecule has 0 aliphatic heterocycles. The first-order valence-electron chi connectivity index (χ1n) is 3.83. The standard InChI is InChI=1S/C7H14N4O/c1-4(12)6(8)7-9-5(2)10-11(7)3/h4,6,12H,8H2,1-3H3. The number of nitrogens with two attached hydrogens (primary N) is 1. The third-order valence-electron chi connectivity index (χ3n) is 1.72. The summed E-state index contributed by atoms with van der Waals surface area (Å²) in [6.07, 6.45) is -0.604. The molecule has 1 aromatic rings. The number of hydrogen-bond donors (Lipinski definition) is 2. The molecule has 1 aromatic heterocycles. The van der Waals surface area contributed by atoms with Gasteiger partial charge in [0, 0.05) is 7.05 Å². The van der Waals surface area contributed by atoms with E-state index in [2.05, 4.69) is 10.1 Å². The van der Waals surface area contributed by atoms with E-state index >= 15 is 0 Å². The predicted molar refractivity (Wildman–Crippen MR) is 44.3 cm³/mol. The Morgan fingerprint density at radius 3 is 2.50 bits per heavy atom. The van der Waals surface area contributed by atoms with E-state index in [0.717, 1.165) is 0 Å². The second kappa shape index (κ2) is 3.20. The second-order valence-corrected chi connectivity index (χ2v) is 2.91. The summed E-state index contributed by atoms with van der Waals surface area (Å²) in [6, 6.07) is -0.462. The van der Waals surface area contributed by atoms with Crippen LogP contribution in [0.5, 0.6) is 0 Å². The summed E-state index contributed by atoms with van der Waals surface area (Å²) in [5, 5.41) is 13.2. The molecular formula is C7H14N4O. The van der Waals surface area contributed by atoms with E-state index in [1.54, 1.807) is 25.6 Å². The molecule has 12 heavy (non-hydrogen) atoms. The number of aliphatic hydroxyl groups is 1. The minimum Gasteiger partial charge on any atom is -0.391 e. The number of hydrogen-bond acceptors (Lipinski definition) is 4. The summed E-state index contributed by atoms with van der Waals surface area (Å²) in [5.74, 6) is 1.28. The topological polar surface area (TPSA) is 77.0 Å². The van der Waals surface area contributed by atoms with E-state index in [4.69, 9.17) is 5.73 Å². The SMILES string of the molecule is Cc1nc(C(N)C(C)O)n(C)n1. The van der Waals surface area contributed by atoms with Gasteiger partial charge in [0.15, 0.2) is 0 Å². The second-order valence-electron chi connectivity index (χ2n) is 2.91. The molecule has 5 heteroatoms. The van der Waals surface area contributed by atoms with Crippen molar-refractivity contribution in [2.24, 2.45) is 12.8 Å². The van der Waals surface area contributed by atoms with E-state index in [0.29, 0.717) is 11.6 Å². The van der Waals surface area contributed by atoms with Gasteiger partial charge in [-0.05, 0) is 13.8 Å². The van der Waals surface area contributed by atoms with Crippen molar-refractivity contribution in [3.8, 4) is 0 Å². The monoisotopic (exact) mass is 170 g/mol. The highest BCUT2D eigenvalue weighted by Gasteiger charge is 2.17. The number of aryl methyl sites for hydroxylation is 2. The zero-order valence-electron chi connectivity index (χ0n) is 7.52. The Bertz CT molecular complexity index is 268. The van der Waals surface area contributed by atoms with Crippen molar-refractivity contribution < 1.29 is 5.11 Å². The van der Waals surface area contributed by atoms with Crippen LogP contribution in [0.2, 0.25) is 0 Å². The summed E-state index contributed by atoms with van der Waals surface area (Å²) >= 11 is 0. The van der Waals surface area contributed by atoms with Crippen molar-refractivity contribution in [1.29, 1.82) is 0 Å². The fourth-order valence-corrected chi connectivity index (χ4v) is 1.03. The van der Waals surface area contributed by atoms with Crippen LogP contribution < -0.4 is 5.73 Å². The van der Waals surface area contributed by atoms with Crippen molar-refractivity contribution in [2.75, 3.05) is 0 Å². The predicted octanol–water partition coefficient (Wildman–Crippen LogP) is -0.496. The maximum Gasteiger partial charge on any atom is 0.147 e. The van der Waals surface area contributed by atoms with Crippen LogP contribution in [0.25, 0.3) is 0 Å². The molecule has 0 saturated heterocycles. The van der Waals surface area contributed by atoms with Gasteiger partial charge in [-0.3, -0.25) is 4.68 Å². The number of rotatable bonds is 2. The van der Waals surface area contributed by atoms with Gasteiger partial charge in [-0.15, -0.1) is 0 Å². The molecule has 0 radical (unpaired) electrons. The van der Waals surface area contributed by atoms with Crippen LogP contribution in [-0.4, -0.2) is 26.0 Å². The van der Waals surface area contributed by atoms with Crippen LogP contribution in [-0.2, 0) is 7.05 Å². The van der Waals surface area contributed by atoms with Crippen molar-refractivity contribution >= 4 is 0 Å². The average Bonchev–Trinajstić information content (AvgIpc) is 2.28. The van der Waals surface area contributed by atoms with E-state index in [1.165, 1.54) is 0 Å². The van der Waals surface area contributed by atoms with Gasteiger partial charge in [0.1, 0.15) is 11.6 Å². The van der Waals surface area contributed by atoms with Gasteiger partial charge in [0.25, 0.3) is 0 Å². The lowest BCUT2D eigenvalue weighted by atomic mass is 10.2.